The van der Waals surface area contributed by atoms with Crippen LogP contribution in [0.4, 0.5) is 0 Å². The summed E-state index contributed by atoms with van der Waals surface area (Å²) in [7, 11) is 3.48. The summed E-state index contributed by atoms with van der Waals surface area (Å²) in [6, 6.07) is 3.50. The highest BCUT2D eigenvalue weighted by molar-refractivity contribution is 5.94. The van der Waals surface area contributed by atoms with Crippen molar-refractivity contribution < 1.29 is 19.1 Å². The number of rotatable bonds is 5. The lowest BCUT2D eigenvalue weighted by Crippen LogP contribution is -2.68. The van der Waals surface area contributed by atoms with Crippen molar-refractivity contribution >= 4 is 17.7 Å². The number of ether oxygens (including phenoxy) is 1. The van der Waals surface area contributed by atoms with Crippen molar-refractivity contribution in [2.24, 2.45) is 12.5 Å². The smallest absolute Gasteiger partial charge is 0.270 e. The zero-order chi connectivity index (χ0) is 21.3. The SMILES string of the molecule is COCCN1C(=O)CC[C@]2(C(=O)N3CCCC3)CN(C(=O)c3cccn3C)CC[C@@H]12. The van der Waals surface area contributed by atoms with Crippen LogP contribution in [0.25, 0.3) is 0 Å². The molecule has 0 N–H and O–H groups in total. The second-order valence-electron chi connectivity index (χ2n) is 8.77. The molecule has 0 aliphatic carbocycles. The molecule has 1 aromatic heterocycles. The Morgan fingerprint density at radius 1 is 1.20 bits per heavy atom. The minimum absolute atomic E-state index is 0.0464. The first-order valence-corrected chi connectivity index (χ1v) is 11.0. The van der Waals surface area contributed by atoms with E-state index in [2.05, 4.69) is 0 Å². The molecule has 3 fully saturated rings. The topological polar surface area (TPSA) is 75.1 Å². The molecule has 30 heavy (non-hydrogen) atoms. The van der Waals surface area contributed by atoms with Gasteiger partial charge in [0.05, 0.1) is 12.0 Å². The number of aryl methyl sites for hydroxylation is 1. The third-order valence-electron chi connectivity index (χ3n) is 7.07. The lowest BCUT2D eigenvalue weighted by molar-refractivity contribution is -0.163. The summed E-state index contributed by atoms with van der Waals surface area (Å²) in [6.45, 7) is 3.38. The molecule has 3 amide bonds. The van der Waals surface area contributed by atoms with Crippen LogP contribution in [0.3, 0.4) is 0 Å². The Morgan fingerprint density at radius 3 is 2.63 bits per heavy atom. The standard InChI is InChI=1S/C22H32N4O4/c1-23-10-5-6-17(23)20(28)25-13-8-18-22(16-25,21(29)24-11-3-4-12-24)9-7-19(27)26(18)14-15-30-2/h5-6,10,18H,3-4,7-9,11-16H2,1-2H3/t18-,22+/m1/s1. The van der Waals surface area contributed by atoms with Crippen molar-refractivity contribution in [3.05, 3.63) is 24.0 Å². The summed E-state index contributed by atoms with van der Waals surface area (Å²) in [5.74, 6) is 0.156. The van der Waals surface area contributed by atoms with Crippen molar-refractivity contribution in [1.82, 2.24) is 19.3 Å². The first kappa shape index (κ1) is 20.9. The fourth-order valence-electron chi connectivity index (χ4n) is 5.47. The maximum Gasteiger partial charge on any atom is 0.270 e. The number of carbonyl (C=O) groups is 3. The van der Waals surface area contributed by atoms with Crippen LogP contribution in [0.1, 0.15) is 42.6 Å². The zero-order valence-corrected chi connectivity index (χ0v) is 18.0. The van der Waals surface area contributed by atoms with Crippen LogP contribution < -0.4 is 0 Å². The summed E-state index contributed by atoms with van der Waals surface area (Å²) < 4.78 is 7.05. The largest absolute Gasteiger partial charge is 0.383 e. The van der Waals surface area contributed by atoms with Crippen LogP contribution in [-0.4, -0.2) is 89.5 Å². The summed E-state index contributed by atoms with van der Waals surface area (Å²) >= 11 is 0. The lowest BCUT2D eigenvalue weighted by atomic mass is 9.67. The molecule has 0 unspecified atom stereocenters. The molecule has 3 aliphatic rings. The first-order valence-electron chi connectivity index (χ1n) is 11.0. The van der Waals surface area contributed by atoms with Crippen molar-refractivity contribution in [2.75, 3.05) is 46.4 Å². The number of methoxy groups -OCH3 is 1. The quantitative estimate of drug-likeness (QED) is 0.721. The number of hydrogen-bond donors (Lipinski definition) is 0. The van der Waals surface area contributed by atoms with Crippen LogP contribution in [0.5, 0.6) is 0 Å². The molecule has 4 heterocycles. The molecule has 3 aliphatic heterocycles. The molecule has 1 aromatic rings. The highest BCUT2D eigenvalue weighted by Gasteiger charge is 2.57. The van der Waals surface area contributed by atoms with Gasteiger partial charge >= 0.3 is 0 Å². The van der Waals surface area contributed by atoms with Gasteiger partial charge < -0.3 is 24.0 Å². The first-order chi connectivity index (χ1) is 14.5. The van der Waals surface area contributed by atoms with Crippen LogP contribution in [0, 0.1) is 5.41 Å². The van der Waals surface area contributed by atoms with Crippen LogP contribution in [0.2, 0.25) is 0 Å². The fourth-order valence-corrected chi connectivity index (χ4v) is 5.47. The molecule has 2 atom stereocenters. The average Bonchev–Trinajstić information content (AvgIpc) is 3.43. The second-order valence-corrected chi connectivity index (χ2v) is 8.77. The van der Waals surface area contributed by atoms with E-state index in [1.54, 1.807) is 7.11 Å². The molecule has 0 radical (unpaired) electrons. The predicted octanol–water partition coefficient (Wildman–Crippen LogP) is 1.12. The number of carbonyl (C=O) groups excluding carboxylic acids is 3. The third kappa shape index (κ3) is 3.51. The Balaban J connectivity index is 1.66. The van der Waals surface area contributed by atoms with E-state index in [9.17, 15) is 14.4 Å². The molecule has 8 nitrogen and oxygen atoms in total. The Labute approximate surface area is 177 Å². The normalized spacial score (nSPS) is 26.8. The molecular formula is C22H32N4O4. The molecule has 0 bridgehead atoms. The summed E-state index contributed by atoms with van der Waals surface area (Å²) in [5, 5.41) is 0. The summed E-state index contributed by atoms with van der Waals surface area (Å²) in [5.41, 5.74) is -0.106. The van der Waals surface area contributed by atoms with Gasteiger partial charge in [0.1, 0.15) is 5.69 Å². The Morgan fingerprint density at radius 2 is 1.97 bits per heavy atom. The Kier molecular flexibility index (Phi) is 5.86. The summed E-state index contributed by atoms with van der Waals surface area (Å²) in [6.07, 6.45) is 5.36. The molecule has 8 heteroatoms. The predicted molar refractivity (Wildman–Crippen MR) is 111 cm³/mol. The van der Waals surface area contributed by atoms with Gasteiger partial charge in [-0.2, -0.15) is 0 Å². The van der Waals surface area contributed by atoms with Crippen molar-refractivity contribution in [3.8, 4) is 0 Å². The number of likely N-dealkylation sites (tertiary alicyclic amines) is 3. The van der Waals surface area contributed by atoms with E-state index in [-0.39, 0.29) is 23.8 Å². The number of nitrogens with zero attached hydrogens (tertiary/aromatic N) is 4. The van der Waals surface area contributed by atoms with Gasteiger partial charge in [-0.25, -0.2) is 0 Å². The van der Waals surface area contributed by atoms with Crippen molar-refractivity contribution in [2.45, 2.75) is 38.1 Å². The number of fused-ring (bicyclic) bond motifs is 1. The van der Waals surface area contributed by atoms with Crippen LogP contribution >= 0.6 is 0 Å². The third-order valence-corrected chi connectivity index (χ3v) is 7.07. The molecular weight excluding hydrogens is 384 g/mol. The number of aromatic nitrogens is 1. The van der Waals surface area contributed by atoms with E-state index in [4.69, 9.17) is 4.74 Å². The van der Waals surface area contributed by atoms with Gasteiger partial charge in [0.25, 0.3) is 5.91 Å². The second kappa shape index (κ2) is 8.41. The molecule has 4 rings (SSSR count). The lowest BCUT2D eigenvalue weighted by Gasteiger charge is -2.54. The van der Waals surface area contributed by atoms with E-state index in [1.165, 1.54) is 0 Å². The molecule has 0 saturated carbocycles. The van der Waals surface area contributed by atoms with Gasteiger partial charge in [-0.1, -0.05) is 0 Å². The van der Waals surface area contributed by atoms with E-state index >= 15 is 0 Å². The van der Waals surface area contributed by atoms with Crippen molar-refractivity contribution in [3.63, 3.8) is 0 Å². The highest BCUT2D eigenvalue weighted by atomic mass is 16.5. The van der Waals surface area contributed by atoms with Gasteiger partial charge in [0, 0.05) is 65.5 Å². The Hall–Kier alpha value is -2.35. The molecule has 0 aromatic carbocycles. The number of piperidine rings is 2. The fraction of sp³-hybridized carbons (Fsp3) is 0.682. The average molecular weight is 417 g/mol. The maximum absolute atomic E-state index is 13.8. The van der Waals surface area contributed by atoms with E-state index in [0.29, 0.717) is 51.2 Å². The number of amides is 3. The van der Waals surface area contributed by atoms with E-state index < -0.39 is 5.41 Å². The van der Waals surface area contributed by atoms with Gasteiger partial charge in [-0.05, 0) is 37.8 Å². The summed E-state index contributed by atoms with van der Waals surface area (Å²) in [4.78, 5) is 45.4. The van der Waals surface area contributed by atoms with Crippen LogP contribution in [-0.2, 0) is 21.4 Å². The van der Waals surface area contributed by atoms with E-state index in [0.717, 1.165) is 25.9 Å². The monoisotopic (exact) mass is 416 g/mol. The zero-order valence-electron chi connectivity index (χ0n) is 18.0. The van der Waals surface area contributed by atoms with Crippen LogP contribution in [0.15, 0.2) is 18.3 Å². The van der Waals surface area contributed by atoms with Gasteiger partial charge in [-0.15, -0.1) is 0 Å². The molecule has 3 saturated heterocycles. The Bertz CT molecular complexity index is 816. The molecule has 164 valence electrons. The minimum Gasteiger partial charge on any atom is -0.383 e. The molecule has 0 spiro atoms. The van der Waals surface area contributed by atoms with Gasteiger partial charge in [0.15, 0.2) is 0 Å². The number of hydrogen-bond acceptors (Lipinski definition) is 4. The van der Waals surface area contributed by atoms with Crippen molar-refractivity contribution in [1.29, 1.82) is 0 Å². The minimum atomic E-state index is -0.731. The highest BCUT2D eigenvalue weighted by Crippen LogP contribution is 2.44. The van der Waals surface area contributed by atoms with Gasteiger partial charge in [-0.3, -0.25) is 14.4 Å². The van der Waals surface area contributed by atoms with E-state index in [1.807, 2.05) is 44.6 Å². The van der Waals surface area contributed by atoms with Gasteiger partial charge in [0.2, 0.25) is 11.8 Å². The maximum atomic E-state index is 13.8.